The second kappa shape index (κ2) is 6.74. The number of ether oxygens (including phenoxy) is 1. The molecular weight excluding hydrogens is 296 g/mol. The maximum Gasteiger partial charge on any atom is 0.295 e. The topological polar surface area (TPSA) is 98.4 Å². The molecule has 0 aromatic carbocycles. The average molecular weight is 314 g/mol. The van der Waals surface area contributed by atoms with Gasteiger partial charge < -0.3 is 14.5 Å². The van der Waals surface area contributed by atoms with Crippen LogP contribution in [0.5, 0.6) is 0 Å². The van der Waals surface area contributed by atoms with E-state index in [1.54, 1.807) is 31.1 Å². The first-order valence-corrected chi connectivity index (χ1v) is 7.81. The number of furan rings is 1. The monoisotopic (exact) mass is 314 g/mol. The van der Waals surface area contributed by atoms with Crippen LogP contribution in [0.25, 0.3) is 0 Å². The van der Waals surface area contributed by atoms with E-state index < -0.39 is 10.0 Å². The smallest absolute Gasteiger partial charge is 0.295 e. The van der Waals surface area contributed by atoms with Crippen LogP contribution in [0, 0.1) is 0 Å². The van der Waals surface area contributed by atoms with E-state index in [0.29, 0.717) is 31.1 Å². The molecule has 0 radical (unpaired) electrons. The Morgan fingerprint density at radius 3 is 2.95 bits per heavy atom. The Labute approximate surface area is 123 Å². The molecule has 0 saturated carbocycles. The summed E-state index contributed by atoms with van der Waals surface area (Å²) < 4.78 is 38.5. The maximum atomic E-state index is 12.2. The Balaban J connectivity index is 2.07. The zero-order chi connectivity index (χ0) is 15.3. The highest BCUT2D eigenvalue weighted by atomic mass is 32.2. The minimum atomic E-state index is -3.75. The standard InChI is InChI=1S/C12H18N4O4S/c1-13-8-11-3-4-12(20-11)21(17,18)15-10-7-14-16(9-10)5-6-19-2/h3-4,7,9,13,15H,5-6,8H2,1-2H3. The number of rotatable bonds is 8. The van der Waals surface area contributed by atoms with Crippen LogP contribution in [0.2, 0.25) is 0 Å². The summed E-state index contributed by atoms with van der Waals surface area (Å²) in [6, 6.07) is 3.04. The Bertz CT molecular complexity index is 677. The minimum absolute atomic E-state index is 0.127. The van der Waals surface area contributed by atoms with Gasteiger partial charge in [0.1, 0.15) is 5.76 Å². The third kappa shape index (κ3) is 4.06. The molecule has 0 saturated heterocycles. The normalized spacial score (nSPS) is 11.7. The van der Waals surface area contributed by atoms with Crippen LogP contribution in [0.15, 0.2) is 34.0 Å². The summed E-state index contributed by atoms with van der Waals surface area (Å²) in [4.78, 5) is 0. The molecule has 2 aromatic rings. The summed E-state index contributed by atoms with van der Waals surface area (Å²) in [5, 5.41) is 6.80. The number of aromatic nitrogens is 2. The zero-order valence-electron chi connectivity index (χ0n) is 11.9. The number of nitrogens with zero attached hydrogens (tertiary/aromatic N) is 2. The second-order valence-corrected chi connectivity index (χ2v) is 5.95. The van der Waals surface area contributed by atoms with Gasteiger partial charge in [-0.05, 0) is 19.2 Å². The summed E-state index contributed by atoms with van der Waals surface area (Å²) in [6.45, 7) is 1.51. The lowest BCUT2D eigenvalue weighted by atomic mass is 10.4. The van der Waals surface area contributed by atoms with Crippen molar-refractivity contribution in [3.05, 3.63) is 30.3 Å². The van der Waals surface area contributed by atoms with Crippen molar-refractivity contribution in [2.45, 2.75) is 18.2 Å². The highest BCUT2D eigenvalue weighted by Gasteiger charge is 2.19. The van der Waals surface area contributed by atoms with Crippen molar-refractivity contribution in [1.29, 1.82) is 0 Å². The number of hydrogen-bond acceptors (Lipinski definition) is 6. The SMILES string of the molecule is CNCc1ccc(S(=O)(=O)Nc2cnn(CCOC)c2)o1. The lowest BCUT2D eigenvalue weighted by Gasteiger charge is -2.02. The van der Waals surface area contributed by atoms with Crippen molar-refractivity contribution in [3.63, 3.8) is 0 Å². The molecule has 0 atom stereocenters. The molecule has 0 aliphatic heterocycles. The van der Waals surface area contributed by atoms with Crippen LogP contribution >= 0.6 is 0 Å². The predicted octanol–water partition coefficient (Wildman–Crippen LogP) is 0.643. The van der Waals surface area contributed by atoms with Crippen molar-refractivity contribution in [1.82, 2.24) is 15.1 Å². The molecule has 0 bridgehead atoms. The molecule has 0 spiro atoms. The van der Waals surface area contributed by atoms with Crippen LogP contribution < -0.4 is 10.0 Å². The summed E-state index contributed by atoms with van der Waals surface area (Å²) in [5.74, 6) is 0.550. The molecule has 116 valence electrons. The van der Waals surface area contributed by atoms with E-state index >= 15 is 0 Å². The highest BCUT2D eigenvalue weighted by Crippen LogP contribution is 2.18. The molecule has 0 aliphatic rings. The van der Waals surface area contributed by atoms with Crippen molar-refractivity contribution in [3.8, 4) is 0 Å². The van der Waals surface area contributed by atoms with Gasteiger partial charge in [-0.1, -0.05) is 0 Å². The molecule has 0 aliphatic carbocycles. The number of hydrogen-bond donors (Lipinski definition) is 2. The van der Waals surface area contributed by atoms with E-state index in [-0.39, 0.29) is 5.09 Å². The second-order valence-electron chi connectivity index (χ2n) is 4.34. The van der Waals surface area contributed by atoms with Gasteiger partial charge in [0.2, 0.25) is 5.09 Å². The van der Waals surface area contributed by atoms with E-state index in [4.69, 9.17) is 9.15 Å². The summed E-state index contributed by atoms with van der Waals surface area (Å²) >= 11 is 0. The Hall–Kier alpha value is -1.84. The minimum Gasteiger partial charge on any atom is -0.446 e. The van der Waals surface area contributed by atoms with E-state index in [1.807, 2.05) is 0 Å². The Morgan fingerprint density at radius 2 is 2.24 bits per heavy atom. The number of nitrogens with one attached hydrogen (secondary N) is 2. The molecule has 0 unspecified atom stereocenters. The van der Waals surface area contributed by atoms with Gasteiger partial charge in [-0.3, -0.25) is 9.40 Å². The third-order valence-electron chi connectivity index (χ3n) is 2.66. The molecular formula is C12H18N4O4S. The lowest BCUT2D eigenvalue weighted by Crippen LogP contribution is -2.12. The summed E-state index contributed by atoms with van der Waals surface area (Å²) in [7, 11) is -0.404. The Kier molecular flexibility index (Phi) is 4.99. The number of sulfonamides is 1. The van der Waals surface area contributed by atoms with Crippen LogP contribution in [0.4, 0.5) is 5.69 Å². The van der Waals surface area contributed by atoms with Gasteiger partial charge >= 0.3 is 0 Å². The van der Waals surface area contributed by atoms with E-state index in [0.717, 1.165) is 0 Å². The van der Waals surface area contributed by atoms with Crippen LogP contribution in [0.1, 0.15) is 5.76 Å². The fourth-order valence-electron chi connectivity index (χ4n) is 1.70. The average Bonchev–Trinajstić information content (AvgIpc) is 3.06. The molecule has 9 heteroatoms. The first-order chi connectivity index (χ1) is 10.0. The maximum absolute atomic E-state index is 12.2. The van der Waals surface area contributed by atoms with E-state index in [1.165, 1.54) is 12.3 Å². The van der Waals surface area contributed by atoms with E-state index in [2.05, 4.69) is 15.1 Å². The van der Waals surface area contributed by atoms with Crippen molar-refractivity contribution >= 4 is 15.7 Å². The van der Waals surface area contributed by atoms with Crippen molar-refractivity contribution < 1.29 is 17.6 Å². The largest absolute Gasteiger partial charge is 0.446 e. The molecule has 2 rings (SSSR count). The first-order valence-electron chi connectivity index (χ1n) is 6.32. The van der Waals surface area contributed by atoms with Gasteiger partial charge in [-0.2, -0.15) is 13.5 Å². The number of anilines is 1. The van der Waals surface area contributed by atoms with Crippen molar-refractivity contribution in [2.75, 3.05) is 25.5 Å². The fraction of sp³-hybridized carbons (Fsp3) is 0.417. The lowest BCUT2D eigenvalue weighted by molar-refractivity contribution is 0.183. The third-order valence-corrected chi connectivity index (χ3v) is 3.92. The fourth-order valence-corrected chi connectivity index (χ4v) is 2.68. The van der Waals surface area contributed by atoms with Crippen LogP contribution in [-0.2, 0) is 27.8 Å². The summed E-state index contributed by atoms with van der Waals surface area (Å²) in [6.07, 6.45) is 3.03. The summed E-state index contributed by atoms with van der Waals surface area (Å²) in [5.41, 5.74) is 0.373. The quantitative estimate of drug-likeness (QED) is 0.742. The molecule has 8 nitrogen and oxygen atoms in total. The van der Waals surface area contributed by atoms with Gasteiger partial charge in [0, 0.05) is 13.3 Å². The zero-order valence-corrected chi connectivity index (χ0v) is 12.7. The molecule has 0 amide bonds. The molecule has 0 fully saturated rings. The van der Waals surface area contributed by atoms with Gasteiger partial charge in [0.15, 0.2) is 0 Å². The Morgan fingerprint density at radius 1 is 1.43 bits per heavy atom. The molecule has 2 N–H and O–H groups in total. The van der Waals surface area contributed by atoms with Gasteiger partial charge in [0.25, 0.3) is 10.0 Å². The number of methoxy groups -OCH3 is 1. The van der Waals surface area contributed by atoms with Gasteiger partial charge in [-0.25, -0.2) is 0 Å². The van der Waals surface area contributed by atoms with Gasteiger partial charge in [0.05, 0.1) is 31.6 Å². The van der Waals surface area contributed by atoms with Crippen LogP contribution in [0.3, 0.4) is 0 Å². The molecule has 21 heavy (non-hydrogen) atoms. The predicted molar refractivity (Wildman–Crippen MR) is 76.4 cm³/mol. The molecule has 2 aromatic heterocycles. The van der Waals surface area contributed by atoms with Gasteiger partial charge in [-0.15, -0.1) is 0 Å². The highest BCUT2D eigenvalue weighted by molar-refractivity contribution is 7.92. The molecule has 2 heterocycles. The van der Waals surface area contributed by atoms with Crippen LogP contribution in [-0.4, -0.2) is 39.0 Å². The first kappa shape index (κ1) is 15.5. The van der Waals surface area contributed by atoms with Crippen molar-refractivity contribution in [2.24, 2.45) is 0 Å². The van der Waals surface area contributed by atoms with E-state index in [9.17, 15) is 8.42 Å².